The molecule has 2 aliphatic rings. The Bertz CT molecular complexity index is 1560. The molecule has 3 heterocycles. The first kappa shape index (κ1) is 22.6. The molecule has 184 valence electrons. The highest BCUT2D eigenvalue weighted by molar-refractivity contribution is 7.15. The molecule has 0 saturated heterocycles. The fraction of sp³-hybridized carbons (Fsp3) is 0.296. The maximum Gasteiger partial charge on any atom is 0.341 e. The molecule has 2 N–H and O–H groups in total. The third-order valence-corrected chi connectivity index (χ3v) is 8.23. The van der Waals surface area contributed by atoms with Crippen LogP contribution in [0.3, 0.4) is 0 Å². The highest BCUT2D eigenvalue weighted by Gasteiger charge is 2.30. The fourth-order valence-corrected chi connectivity index (χ4v) is 6.37. The van der Waals surface area contributed by atoms with Gasteiger partial charge in [-0.2, -0.15) is 0 Å². The zero-order chi connectivity index (χ0) is 25.0. The first-order valence-electron chi connectivity index (χ1n) is 11.9. The van der Waals surface area contributed by atoms with Gasteiger partial charge in [0.15, 0.2) is 5.75 Å². The fourth-order valence-electron chi connectivity index (χ4n) is 5.09. The number of benzene rings is 1. The summed E-state index contributed by atoms with van der Waals surface area (Å²) in [4.78, 5) is 39.6. The van der Waals surface area contributed by atoms with Gasteiger partial charge in [-0.3, -0.25) is 9.59 Å². The number of carbonyl (C=O) groups excluding carboxylic acids is 1. The summed E-state index contributed by atoms with van der Waals surface area (Å²) in [6.45, 7) is 0. The number of rotatable bonds is 6. The summed E-state index contributed by atoms with van der Waals surface area (Å²) in [5.41, 5.74) is 2.33. The molecule has 0 spiro atoms. The second-order valence-electron chi connectivity index (χ2n) is 9.28. The van der Waals surface area contributed by atoms with E-state index >= 15 is 0 Å². The topological polar surface area (TPSA) is 111 Å². The second kappa shape index (κ2) is 8.67. The standard InChI is InChI=1S/C27H24N2O6S/c1-34-25-16(7-8-17-23(25)29(15-5-6-15)12-19(24(17)30)27(32)33)22-11-18-20(3-2-4-21(18)36-22)28-26(31)14-9-10-35-13-14/h7-13,15,20H,2-6H2,1H3,(H,28,31)(H,32,33). The van der Waals surface area contributed by atoms with E-state index in [1.165, 1.54) is 23.6 Å². The maximum absolute atomic E-state index is 13.0. The van der Waals surface area contributed by atoms with Gasteiger partial charge in [0.1, 0.15) is 11.8 Å². The SMILES string of the molecule is COc1c(-c2cc3c(s2)CCCC3NC(=O)c2ccoc2)ccc2c(=O)c(C(=O)O)cn(C3CC3)c12. The van der Waals surface area contributed by atoms with Gasteiger partial charge in [-0.25, -0.2) is 4.79 Å². The molecular formula is C27H24N2O6S. The van der Waals surface area contributed by atoms with Crippen LogP contribution in [0.5, 0.6) is 5.75 Å². The lowest BCUT2D eigenvalue weighted by molar-refractivity contribution is 0.0694. The van der Waals surface area contributed by atoms with Gasteiger partial charge in [0.05, 0.1) is 35.9 Å². The summed E-state index contributed by atoms with van der Waals surface area (Å²) in [6.07, 6.45) is 8.98. The zero-order valence-electron chi connectivity index (χ0n) is 19.6. The largest absolute Gasteiger partial charge is 0.494 e. The molecule has 1 unspecified atom stereocenters. The molecule has 36 heavy (non-hydrogen) atoms. The number of furan rings is 1. The minimum absolute atomic E-state index is 0.102. The van der Waals surface area contributed by atoms with Crippen LogP contribution in [0.4, 0.5) is 0 Å². The summed E-state index contributed by atoms with van der Waals surface area (Å²) < 4.78 is 12.8. The van der Waals surface area contributed by atoms with Crippen molar-refractivity contribution in [1.82, 2.24) is 9.88 Å². The van der Waals surface area contributed by atoms with Crippen LogP contribution in [-0.2, 0) is 6.42 Å². The Morgan fingerprint density at radius 2 is 2.06 bits per heavy atom. The number of fused-ring (bicyclic) bond motifs is 2. The van der Waals surface area contributed by atoms with Crippen LogP contribution in [0.15, 0.2) is 52.2 Å². The highest BCUT2D eigenvalue weighted by atomic mass is 32.1. The van der Waals surface area contributed by atoms with Crippen molar-refractivity contribution in [1.29, 1.82) is 0 Å². The van der Waals surface area contributed by atoms with Crippen molar-refractivity contribution < 1.29 is 23.8 Å². The molecule has 0 aliphatic heterocycles. The molecule has 3 aromatic heterocycles. The van der Waals surface area contributed by atoms with E-state index in [4.69, 9.17) is 9.15 Å². The average Bonchev–Trinajstić information content (AvgIpc) is 3.38. The second-order valence-corrected chi connectivity index (χ2v) is 10.4. The Balaban J connectivity index is 1.46. The van der Waals surface area contributed by atoms with Crippen LogP contribution in [0, 0.1) is 0 Å². The van der Waals surface area contributed by atoms with Gasteiger partial charge in [-0.15, -0.1) is 11.3 Å². The number of carboxylic acids is 1. The summed E-state index contributed by atoms with van der Waals surface area (Å²) in [5, 5.41) is 13.0. The van der Waals surface area contributed by atoms with Crippen molar-refractivity contribution in [3.63, 3.8) is 0 Å². The molecule has 6 rings (SSSR count). The lowest BCUT2D eigenvalue weighted by Gasteiger charge is -2.23. The lowest BCUT2D eigenvalue weighted by Crippen LogP contribution is -2.30. The molecule has 4 aromatic rings. The third-order valence-electron chi connectivity index (χ3n) is 6.99. The molecule has 9 heteroatoms. The minimum atomic E-state index is -1.23. The molecule has 2 aliphatic carbocycles. The number of aromatic carboxylic acids is 1. The van der Waals surface area contributed by atoms with Gasteiger partial charge in [0.25, 0.3) is 5.91 Å². The van der Waals surface area contributed by atoms with Crippen molar-refractivity contribution >= 4 is 34.1 Å². The number of carboxylic acid groups (broad SMARTS) is 1. The normalized spacial score (nSPS) is 17.1. The molecular weight excluding hydrogens is 480 g/mol. The number of ether oxygens (including phenoxy) is 1. The number of hydrogen-bond donors (Lipinski definition) is 2. The molecule has 1 saturated carbocycles. The zero-order valence-corrected chi connectivity index (χ0v) is 20.4. The van der Waals surface area contributed by atoms with E-state index in [-0.39, 0.29) is 23.6 Å². The van der Waals surface area contributed by atoms with Crippen molar-refractivity contribution in [2.24, 2.45) is 0 Å². The van der Waals surface area contributed by atoms with Crippen LogP contribution in [0.25, 0.3) is 21.3 Å². The van der Waals surface area contributed by atoms with Crippen molar-refractivity contribution in [3.8, 4) is 16.2 Å². The summed E-state index contributed by atoms with van der Waals surface area (Å²) in [7, 11) is 1.58. The van der Waals surface area contributed by atoms with Crippen molar-refractivity contribution in [3.05, 3.63) is 74.8 Å². The van der Waals surface area contributed by atoms with Gasteiger partial charge in [-0.1, -0.05) is 0 Å². The van der Waals surface area contributed by atoms with E-state index in [1.807, 2.05) is 10.6 Å². The number of amides is 1. The lowest BCUT2D eigenvalue weighted by atomic mass is 9.93. The Hall–Kier alpha value is -3.85. The van der Waals surface area contributed by atoms with E-state index in [0.29, 0.717) is 22.2 Å². The number of thiophene rings is 1. The van der Waals surface area contributed by atoms with Gasteiger partial charge >= 0.3 is 5.97 Å². The van der Waals surface area contributed by atoms with Crippen LogP contribution < -0.4 is 15.5 Å². The van der Waals surface area contributed by atoms with Crippen LogP contribution >= 0.6 is 11.3 Å². The van der Waals surface area contributed by atoms with Gasteiger partial charge < -0.3 is 24.1 Å². The van der Waals surface area contributed by atoms with E-state index in [9.17, 15) is 19.5 Å². The summed E-state index contributed by atoms with van der Waals surface area (Å²) >= 11 is 1.67. The van der Waals surface area contributed by atoms with Crippen molar-refractivity contribution in [2.75, 3.05) is 7.11 Å². The van der Waals surface area contributed by atoms with Crippen LogP contribution in [-0.4, -0.2) is 28.7 Å². The van der Waals surface area contributed by atoms with E-state index in [1.54, 1.807) is 30.6 Å². The monoisotopic (exact) mass is 504 g/mol. The predicted octanol–water partition coefficient (Wildman–Crippen LogP) is 5.17. The summed E-state index contributed by atoms with van der Waals surface area (Å²) in [5.74, 6) is -0.833. The Kier molecular flexibility index (Phi) is 5.44. The van der Waals surface area contributed by atoms with Gasteiger partial charge in [0.2, 0.25) is 5.43 Å². The first-order chi connectivity index (χ1) is 17.5. The van der Waals surface area contributed by atoms with Crippen LogP contribution in [0.2, 0.25) is 0 Å². The van der Waals surface area contributed by atoms with Gasteiger partial charge in [-0.05, 0) is 61.9 Å². The highest BCUT2D eigenvalue weighted by Crippen LogP contribution is 2.46. The van der Waals surface area contributed by atoms with E-state index in [2.05, 4.69) is 11.4 Å². The third kappa shape index (κ3) is 3.71. The number of aromatic nitrogens is 1. The van der Waals surface area contributed by atoms with Gasteiger partial charge in [0, 0.05) is 27.6 Å². The molecule has 1 fully saturated rings. The molecule has 1 aromatic carbocycles. The Morgan fingerprint density at radius 3 is 2.75 bits per heavy atom. The summed E-state index contributed by atoms with van der Waals surface area (Å²) in [6, 6.07) is 7.34. The Labute approximate surface area is 210 Å². The molecule has 8 nitrogen and oxygen atoms in total. The molecule has 1 amide bonds. The number of hydrogen-bond acceptors (Lipinski definition) is 6. The quantitative estimate of drug-likeness (QED) is 0.375. The molecule has 0 bridgehead atoms. The number of carbonyl (C=O) groups is 2. The number of nitrogens with zero attached hydrogens (tertiary/aromatic N) is 1. The maximum atomic E-state index is 13.0. The van der Waals surface area contributed by atoms with E-state index < -0.39 is 11.4 Å². The number of aryl methyl sites for hydroxylation is 1. The average molecular weight is 505 g/mol. The van der Waals surface area contributed by atoms with Crippen LogP contribution in [0.1, 0.15) is 68.9 Å². The number of nitrogens with one attached hydrogen (secondary N) is 1. The molecule has 1 atom stereocenters. The first-order valence-corrected chi connectivity index (χ1v) is 12.7. The predicted molar refractivity (Wildman–Crippen MR) is 135 cm³/mol. The minimum Gasteiger partial charge on any atom is -0.494 e. The number of methoxy groups -OCH3 is 1. The number of pyridine rings is 1. The smallest absolute Gasteiger partial charge is 0.341 e. The van der Waals surface area contributed by atoms with E-state index in [0.717, 1.165) is 48.1 Å². The molecule has 0 radical (unpaired) electrons. The Morgan fingerprint density at radius 1 is 1.22 bits per heavy atom. The van der Waals surface area contributed by atoms with Crippen molar-refractivity contribution in [2.45, 2.75) is 44.2 Å².